The number of hydrogen-bond acceptors (Lipinski definition) is 3. The van der Waals surface area contributed by atoms with E-state index >= 15 is 0 Å². The number of alkyl halides is 6. The molecule has 1 atom stereocenters. The zero-order chi connectivity index (χ0) is 17.5. The van der Waals surface area contributed by atoms with Crippen molar-refractivity contribution in [3.8, 4) is 11.3 Å². The predicted molar refractivity (Wildman–Crippen MR) is 77.5 cm³/mol. The van der Waals surface area contributed by atoms with E-state index in [1.54, 1.807) is 0 Å². The monoisotopic (exact) mass is 366 g/mol. The van der Waals surface area contributed by atoms with E-state index in [1.807, 2.05) is 0 Å². The second-order valence-corrected chi connectivity index (χ2v) is 6.40. The van der Waals surface area contributed by atoms with E-state index in [4.69, 9.17) is 0 Å². The van der Waals surface area contributed by atoms with Gasteiger partial charge in [0.2, 0.25) is 0 Å². The minimum absolute atomic E-state index is 0.0108. The summed E-state index contributed by atoms with van der Waals surface area (Å²) in [6.07, 6.45) is -7.91. The molecule has 130 valence electrons. The molecule has 0 spiro atoms. The van der Waals surface area contributed by atoms with Crippen molar-refractivity contribution in [1.82, 2.24) is 10.3 Å². The predicted octanol–water partition coefficient (Wildman–Crippen LogP) is 5.27. The zero-order valence-electron chi connectivity index (χ0n) is 12.1. The fourth-order valence-electron chi connectivity index (χ4n) is 2.58. The SMILES string of the molecule is FC(F)(F)c1cc(-c2csc(C3CCCN3)n2)cc(C(F)(F)F)c1. The fourth-order valence-corrected chi connectivity index (χ4v) is 3.52. The Bertz CT molecular complexity index is 696. The summed E-state index contributed by atoms with van der Waals surface area (Å²) in [6, 6.07) is 1.54. The number of benzene rings is 1. The van der Waals surface area contributed by atoms with Crippen LogP contribution in [0.3, 0.4) is 0 Å². The molecular formula is C15H12F6N2S. The number of rotatable bonds is 2. The van der Waals surface area contributed by atoms with Crippen LogP contribution < -0.4 is 5.32 Å². The van der Waals surface area contributed by atoms with E-state index in [-0.39, 0.29) is 23.4 Å². The van der Waals surface area contributed by atoms with Gasteiger partial charge in [-0.05, 0) is 37.6 Å². The molecule has 2 nitrogen and oxygen atoms in total. The third-order valence-electron chi connectivity index (χ3n) is 3.76. The number of aromatic nitrogens is 1. The number of thiazole rings is 1. The number of nitrogens with zero attached hydrogens (tertiary/aromatic N) is 1. The summed E-state index contributed by atoms with van der Waals surface area (Å²) in [6.45, 7) is 0.821. The smallest absolute Gasteiger partial charge is 0.308 e. The lowest BCUT2D eigenvalue weighted by atomic mass is 10.0. The van der Waals surface area contributed by atoms with Gasteiger partial charge in [-0.3, -0.25) is 0 Å². The zero-order valence-corrected chi connectivity index (χ0v) is 12.9. The van der Waals surface area contributed by atoms with Crippen molar-refractivity contribution in [3.63, 3.8) is 0 Å². The second-order valence-electron chi connectivity index (χ2n) is 5.51. The lowest BCUT2D eigenvalue weighted by Crippen LogP contribution is -2.12. The number of hydrogen-bond donors (Lipinski definition) is 1. The molecule has 0 aliphatic carbocycles. The molecule has 0 radical (unpaired) electrons. The van der Waals surface area contributed by atoms with Crippen molar-refractivity contribution >= 4 is 11.3 Å². The maximum Gasteiger partial charge on any atom is 0.416 e. The highest BCUT2D eigenvalue weighted by Gasteiger charge is 2.37. The van der Waals surface area contributed by atoms with E-state index in [0.717, 1.165) is 19.4 Å². The first-order valence-corrected chi connectivity index (χ1v) is 8.01. The van der Waals surface area contributed by atoms with Crippen molar-refractivity contribution in [1.29, 1.82) is 0 Å². The minimum Gasteiger partial charge on any atom is -0.308 e. The molecule has 1 aliphatic rings. The van der Waals surface area contributed by atoms with Gasteiger partial charge >= 0.3 is 12.4 Å². The molecule has 2 aromatic rings. The molecule has 1 N–H and O–H groups in total. The molecule has 1 aliphatic heterocycles. The molecule has 2 heterocycles. The van der Waals surface area contributed by atoms with Crippen LogP contribution in [0.25, 0.3) is 11.3 Å². The van der Waals surface area contributed by atoms with Crippen LogP contribution in [0.1, 0.15) is 35.0 Å². The van der Waals surface area contributed by atoms with Gasteiger partial charge in [-0.1, -0.05) is 0 Å². The third kappa shape index (κ3) is 3.56. The van der Waals surface area contributed by atoms with Gasteiger partial charge in [0.1, 0.15) is 5.01 Å². The molecular weight excluding hydrogens is 354 g/mol. The van der Waals surface area contributed by atoms with Crippen LogP contribution in [-0.4, -0.2) is 11.5 Å². The van der Waals surface area contributed by atoms with Crippen molar-refractivity contribution in [3.05, 3.63) is 39.7 Å². The first kappa shape index (κ1) is 17.2. The van der Waals surface area contributed by atoms with Gasteiger partial charge in [-0.25, -0.2) is 4.98 Å². The summed E-state index contributed by atoms with van der Waals surface area (Å²) in [5.41, 5.74) is -2.72. The summed E-state index contributed by atoms with van der Waals surface area (Å²) in [5, 5.41) is 5.36. The first-order chi connectivity index (χ1) is 11.1. The normalized spacial score (nSPS) is 19.0. The van der Waals surface area contributed by atoms with Crippen molar-refractivity contribution < 1.29 is 26.3 Å². The quantitative estimate of drug-likeness (QED) is 0.732. The van der Waals surface area contributed by atoms with Gasteiger partial charge < -0.3 is 5.32 Å². The highest BCUT2D eigenvalue weighted by molar-refractivity contribution is 7.10. The molecule has 3 rings (SSSR count). The van der Waals surface area contributed by atoms with Crippen LogP contribution in [0.4, 0.5) is 26.3 Å². The standard InChI is InChI=1S/C15H12F6N2S/c16-14(17,18)9-4-8(5-10(6-9)15(19,20)21)12-7-24-13(23-12)11-2-1-3-22-11/h4-7,11,22H,1-3H2. The van der Waals surface area contributed by atoms with E-state index in [1.165, 1.54) is 16.7 Å². The Morgan fingerprint density at radius 2 is 1.62 bits per heavy atom. The average Bonchev–Trinajstić information content (AvgIpc) is 3.16. The van der Waals surface area contributed by atoms with Crippen molar-refractivity contribution in [2.45, 2.75) is 31.2 Å². The first-order valence-electron chi connectivity index (χ1n) is 7.13. The van der Waals surface area contributed by atoms with Gasteiger partial charge in [-0.15, -0.1) is 11.3 Å². The van der Waals surface area contributed by atoms with Gasteiger partial charge in [-0.2, -0.15) is 26.3 Å². The largest absolute Gasteiger partial charge is 0.416 e. The van der Waals surface area contributed by atoms with Gasteiger partial charge in [0.25, 0.3) is 0 Å². The number of nitrogens with one attached hydrogen (secondary N) is 1. The Labute approximate surface area is 137 Å². The molecule has 1 saturated heterocycles. The summed E-state index contributed by atoms with van der Waals surface area (Å²) in [4.78, 5) is 4.23. The lowest BCUT2D eigenvalue weighted by Gasteiger charge is -2.13. The van der Waals surface area contributed by atoms with Crippen LogP contribution in [0.2, 0.25) is 0 Å². The van der Waals surface area contributed by atoms with Gasteiger partial charge in [0.15, 0.2) is 0 Å². The lowest BCUT2D eigenvalue weighted by molar-refractivity contribution is -0.143. The van der Waals surface area contributed by atoms with E-state index in [2.05, 4.69) is 10.3 Å². The van der Waals surface area contributed by atoms with Crippen LogP contribution in [-0.2, 0) is 12.4 Å². The van der Waals surface area contributed by atoms with Crippen LogP contribution in [0.5, 0.6) is 0 Å². The molecule has 0 bridgehead atoms. The summed E-state index contributed by atoms with van der Waals surface area (Å²) in [7, 11) is 0. The Hall–Kier alpha value is -1.61. The maximum absolute atomic E-state index is 12.9. The van der Waals surface area contributed by atoms with Crippen LogP contribution in [0.15, 0.2) is 23.6 Å². The fraction of sp³-hybridized carbons (Fsp3) is 0.400. The highest BCUT2D eigenvalue weighted by atomic mass is 32.1. The third-order valence-corrected chi connectivity index (χ3v) is 4.72. The maximum atomic E-state index is 12.9. The molecule has 0 amide bonds. The van der Waals surface area contributed by atoms with Gasteiger partial charge in [0, 0.05) is 10.9 Å². The molecule has 1 aromatic heterocycles. The van der Waals surface area contributed by atoms with Crippen molar-refractivity contribution in [2.24, 2.45) is 0 Å². The van der Waals surface area contributed by atoms with Crippen LogP contribution >= 0.6 is 11.3 Å². The molecule has 1 fully saturated rings. The van der Waals surface area contributed by atoms with Crippen LogP contribution in [0, 0.1) is 0 Å². The average molecular weight is 366 g/mol. The van der Waals surface area contributed by atoms with E-state index in [9.17, 15) is 26.3 Å². The van der Waals surface area contributed by atoms with E-state index in [0.29, 0.717) is 17.1 Å². The molecule has 9 heteroatoms. The molecule has 24 heavy (non-hydrogen) atoms. The van der Waals surface area contributed by atoms with E-state index < -0.39 is 23.5 Å². The molecule has 1 aromatic carbocycles. The number of halogens is 6. The Morgan fingerprint density at radius 1 is 1.00 bits per heavy atom. The minimum atomic E-state index is -4.86. The molecule has 1 unspecified atom stereocenters. The summed E-state index contributed by atoms with van der Waals surface area (Å²) < 4.78 is 77.4. The summed E-state index contributed by atoms with van der Waals surface area (Å²) in [5.74, 6) is 0. The Balaban J connectivity index is 2.03. The molecule has 0 saturated carbocycles. The Morgan fingerprint density at radius 3 is 2.12 bits per heavy atom. The Kier molecular flexibility index (Phi) is 4.33. The highest BCUT2D eigenvalue weighted by Crippen LogP contribution is 2.39. The van der Waals surface area contributed by atoms with Gasteiger partial charge in [0.05, 0.1) is 22.9 Å². The van der Waals surface area contributed by atoms with Crippen molar-refractivity contribution in [2.75, 3.05) is 6.54 Å². The second kappa shape index (κ2) is 6.03. The topological polar surface area (TPSA) is 24.9 Å². The summed E-state index contributed by atoms with van der Waals surface area (Å²) >= 11 is 1.23.